The van der Waals surface area contributed by atoms with E-state index in [-0.39, 0.29) is 17.0 Å². The molecule has 1 amide bonds. The van der Waals surface area contributed by atoms with Crippen LogP contribution in [0.15, 0.2) is 77.7 Å². The number of nitrogens with zero attached hydrogens (tertiary/aromatic N) is 2. The predicted octanol–water partition coefficient (Wildman–Crippen LogP) is 5.93. The van der Waals surface area contributed by atoms with Gasteiger partial charge in [0.05, 0.1) is 4.91 Å². The predicted molar refractivity (Wildman–Crippen MR) is 126 cm³/mol. The van der Waals surface area contributed by atoms with Gasteiger partial charge in [0, 0.05) is 30.5 Å². The maximum Gasteiger partial charge on any atom is 0.266 e. The summed E-state index contributed by atoms with van der Waals surface area (Å²) in [6.45, 7) is 0. The van der Waals surface area contributed by atoms with Crippen molar-refractivity contribution in [3.63, 3.8) is 0 Å². The molecule has 1 aliphatic rings. The number of phenolic OH excluding ortho intramolecular Hbond substituents is 1. The van der Waals surface area contributed by atoms with Crippen LogP contribution in [0.1, 0.15) is 16.5 Å². The summed E-state index contributed by atoms with van der Waals surface area (Å²) in [6, 6.07) is 22.3. The Labute approximate surface area is 185 Å². The number of halogens is 1. The molecule has 0 aromatic heterocycles. The smallest absolute Gasteiger partial charge is 0.266 e. The highest BCUT2D eigenvalue weighted by molar-refractivity contribution is 8.05. The lowest BCUT2D eigenvalue weighted by atomic mass is 10.1. The Bertz CT molecular complexity index is 1080. The molecule has 0 radical (unpaired) electrons. The molecule has 4 nitrogen and oxygen atoms in total. The summed E-state index contributed by atoms with van der Waals surface area (Å²) in [5.41, 5.74) is 3.79. The zero-order valence-electron chi connectivity index (χ0n) is 16.6. The zero-order valence-corrected chi connectivity index (χ0v) is 18.2. The number of anilines is 2. The van der Waals surface area contributed by atoms with Crippen LogP contribution in [0.4, 0.5) is 11.4 Å². The molecule has 4 rings (SSSR count). The minimum Gasteiger partial charge on any atom is -0.508 e. The van der Waals surface area contributed by atoms with Crippen LogP contribution in [0.2, 0.25) is 5.02 Å². The molecule has 30 heavy (non-hydrogen) atoms. The Kier molecular flexibility index (Phi) is 5.75. The largest absolute Gasteiger partial charge is 0.508 e. The average Bonchev–Trinajstić information content (AvgIpc) is 3.06. The van der Waals surface area contributed by atoms with Gasteiger partial charge < -0.3 is 10.0 Å². The van der Waals surface area contributed by atoms with Crippen LogP contribution in [0.5, 0.6) is 5.75 Å². The topological polar surface area (TPSA) is 43.8 Å². The average molecular weight is 437 g/mol. The molecule has 1 unspecified atom stereocenters. The molecule has 0 aliphatic carbocycles. The first-order chi connectivity index (χ1) is 14.4. The fourth-order valence-corrected chi connectivity index (χ4v) is 4.66. The van der Waals surface area contributed by atoms with Gasteiger partial charge in [0.25, 0.3) is 5.91 Å². The van der Waals surface area contributed by atoms with E-state index in [4.69, 9.17) is 11.6 Å². The van der Waals surface area contributed by atoms with E-state index in [9.17, 15) is 9.90 Å². The fourth-order valence-electron chi connectivity index (χ4n) is 3.27. The molecule has 1 saturated heterocycles. The van der Waals surface area contributed by atoms with Gasteiger partial charge in [-0.05, 0) is 65.7 Å². The quantitative estimate of drug-likeness (QED) is 0.514. The summed E-state index contributed by atoms with van der Waals surface area (Å²) in [5, 5.41) is 10.1. The molecule has 3 aromatic carbocycles. The van der Waals surface area contributed by atoms with Gasteiger partial charge in [-0.25, -0.2) is 0 Å². The van der Waals surface area contributed by atoms with Crippen LogP contribution in [0.3, 0.4) is 0 Å². The number of thioether (sulfide) groups is 1. The second kappa shape index (κ2) is 8.46. The van der Waals surface area contributed by atoms with E-state index >= 15 is 0 Å². The number of rotatable bonds is 4. The molecule has 1 heterocycles. The second-order valence-electron chi connectivity index (χ2n) is 7.21. The highest BCUT2D eigenvalue weighted by Gasteiger charge is 2.38. The van der Waals surface area contributed by atoms with Crippen LogP contribution < -0.4 is 9.80 Å². The van der Waals surface area contributed by atoms with Crippen LogP contribution in [-0.4, -0.2) is 25.1 Å². The van der Waals surface area contributed by atoms with Crippen LogP contribution in [0.25, 0.3) is 6.08 Å². The third-order valence-corrected chi connectivity index (χ3v) is 6.40. The van der Waals surface area contributed by atoms with Crippen molar-refractivity contribution in [2.75, 3.05) is 23.9 Å². The number of aromatic hydroxyl groups is 1. The molecule has 0 spiro atoms. The molecule has 152 valence electrons. The van der Waals surface area contributed by atoms with E-state index in [1.165, 1.54) is 11.8 Å². The maximum atomic E-state index is 13.4. The molecule has 1 N–H and O–H groups in total. The zero-order chi connectivity index (χ0) is 21.3. The number of carbonyl (C=O) groups is 1. The highest BCUT2D eigenvalue weighted by Crippen LogP contribution is 2.48. The van der Waals surface area contributed by atoms with Crippen molar-refractivity contribution < 1.29 is 9.90 Å². The Morgan fingerprint density at radius 3 is 2.20 bits per heavy atom. The number of carbonyl (C=O) groups excluding carboxylic acids is 1. The molecule has 0 saturated carbocycles. The van der Waals surface area contributed by atoms with E-state index < -0.39 is 0 Å². The van der Waals surface area contributed by atoms with Gasteiger partial charge in [0.15, 0.2) is 0 Å². The summed E-state index contributed by atoms with van der Waals surface area (Å²) in [7, 11) is 3.99. The van der Waals surface area contributed by atoms with E-state index in [2.05, 4.69) is 0 Å². The molecule has 1 atom stereocenters. The molecule has 0 bridgehead atoms. The van der Waals surface area contributed by atoms with Gasteiger partial charge in [-0.1, -0.05) is 47.6 Å². The number of amides is 1. The summed E-state index contributed by atoms with van der Waals surface area (Å²) in [6.07, 6.45) is 1.93. The lowest BCUT2D eigenvalue weighted by molar-refractivity contribution is -0.114. The van der Waals surface area contributed by atoms with Gasteiger partial charge in [-0.3, -0.25) is 9.69 Å². The van der Waals surface area contributed by atoms with Crippen molar-refractivity contribution in [1.29, 1.82) is 0 Å². The van der Waals surface area contributed by atoms with Crippen molar-refractivity contribution in [2.45, 2.75) is 5.37 Å². The maximum absolute atomic E-state index is 13.4. The monoisotopic (exact) mass is 436 g/mol. The second-order valence-corrected chi connectivity index (χ2v) is 8.77. The van der Waals surface area contributed by atoms with Crippen molar-refractivity contribution in [3.8, 4) is 5.75 Å². The van der Waals surface area contributed by atoms with Gasteiger partial charge in [0.2, 0.25) is 0 Å². The van der Waals surface area contributed by atoms with Gasteiger partial charge in [-0.15, -0.1) is 0 Å². The Hall–Kier alpha value is -2.89. The SMILES string of the molecule is CN(C)c1ccc(/C=C2\SC(c3ccc(Cl)cc3)N(c3ccc(O)cc3)C2=O)cc1. The first-order valence-corrected chi connectivity index (χ1v) is 10.7. The molecule has 1 aliphatic heterocycles. The minimum atomic E-state index is -0.216. The highest BCUT2D eigenvalue weighted by atomic mass is 35.5. The number of hydrogen-bond acceptors (Lipinski definition) is 4. The molecular weight excluding hydrogens is 416 g/mol. The number of benzene rings is 3. The molecule has 3 aromatic rings. The first-order valence-electron chi connectivity index (χ1n) is 9.46. The Morgan fingerprint density at radius 1 is 0.967 bits per heavy atom. The van der Waals surface area contributed by atoms with Gasteiger partial charge >= 0.3 is 0 Å². The van der Waals surface area contributed by atoms with Gasteiger partial charge in [0.1, 0.15) is 11.1 Å². The van der Waals surface area contributed by atoms with E-state index in [0.717, 1.165) is 22.5 Å². The van der Waals surface area contributed by atoms with Crippen molar-refractivity contribution in [2.24, 2.45) is 0 Å². The third-order valence-electron chi connectivity index (χ3n) is 4.89. The van der Waals surface area contributed by atoms with Crippen LogP contribution in [0, 0.1) is 0 Å². The standard InChI is InChI=1S/C24H21ClN2O2S/c1-26(2)19-9-3-16(4-10-19)15-22-23(29)27(20-11-13-21(28)14-12-20)24(30-22)17-5-7-18(25)8-6-17/h3-15,24,28H,1-2H3/b22-15-. The first kappa shape index (κ1) is 20.4. The van der Waals surface area contributed by atoms with Crippen molar-refractivity contribution in [3.05, 3.63) is 93.9 Å². The van der Waals surface area contributed by atoms with E-state index in [1.807, 2.05) is 73.6 Å². The summed E-state index contributed by atoms with van der Waals surface area (Å²) in [5.74, 6) is 0.0974. The van der Waals surface area contributed by atoms with Crippen LogP contribution >= 0.6 is 23.4 Å². The molecule has 1 fully saturated rings. The van der Waals surface area contributed by atoms with Gasteiger partial charge in [-0.2, -0.15) is 0 Å². The Balaban J connectivity index is 1.72. The third kappa shape index (κ3) is 4.18. The van der Waals surface area contributed by atoms with Crippen molar-refractivity contribution >= 4 is 46.7 Å². The number of hydrogen-bond donors (Lipinski definition) is 1. The lowest BCUT2D eigenvalue weighted by Crippen LogP contribution is -2.27. The summed E-state index contributed by atoms with van der Waals surface area (Å²) < 4.78 is 0. The molecule has 6 heteroatoms. The van der Waals surface area contributed by atoms with E-state index in [0.29, 0.717) is 9.93 Å². The summed E-state index contributed by atoms with van der Waals surface area (Å²) >= 11 is 7.57. The van der Waals surface area contributed by atoms with Crippen molar-refractivity contribution in [1.82, 2.24) is 0 Å². The summed E-state index contributed by atoms with van der Waals surface area (Å²) in [4.78, 5) is 17.8. The normalized spacial score (nSPS) is 17.6. The lowest BCUT2D eigenvalue weighted by Gasteiger charge is -2.23. The fraction of sp³-hybridized carbons (Fsp3) is 0.125. The minimum absolute atomic E-state index is 0.0673. The van der Waals surface area contributed by atoms with Crippen LogP contribution in [-0.2, 0) is 4.79 Å². The Morgan fingerprint density at radius 2 is 1.60 bits per heavy atom. The molecular formula is C24H21ClN2O2S. The number of phenols is 1. The van der Waals surface area contributed by atoms with E-state index in [1.54, 1.807) is 29.2 Å².